The summed E-state index contributed by atoms with van der Waals surface area (Å²) in [7, 11) is 2.90. The van der Waals surface area contributed by atoms with Crippen molar-refractivity contribution in [3.63, 3.8) is 0 Å². The number of hydrogen-bond acceptors (Lipinski definition) is 5. The SMILES string of the molecule is C=CCNC(=O)C=Cc1cc(OC)c(OC(C)=O)c(OC)c1. The van der Waals surface area contributed by atoms with Gasteiger partial charge in [-0.1, -0.05) is 6.08 Å². The average molecular weight is 305 g/mol. The van der Waals surface area contributed by atoms with Crippen molar-refractivity contribution in [2.24, 2.45) is 0 Å². The van der Waals surface area contributed by atoms with Gasteiger partial charge in [0.2, 0.25) is 11.7 Å². The normalized spacial score (nSPS) is 10.1. The second-order valence-electron chi connectivity index (χ2n) is 4.22. The van der Waals surface area contributed by atoms with Gasteiger partial charge in [0.25, 0.3) is 0 Å². The number of esters is 1. The Kier molecular flexibility index (Phi) is 6.69. The molecular weight excluding hydrogens is 286 g/mol. The molecule has 0 bridgehead atoms. The number of methoxy groups -OCH3 is 2. The lowest BCUT2D eigenvalue weighted by Crippen LogP contribution is -2.20. The van der Waals surface area contributed by atoms with E-state index in [2.05, 4.69) is 11.9 Å². The number of carbonyl (C=O) groups excluding carboxylic acids is 2. The first-order valence-electron chi connectivity index (χ1n) is 6.53. The Morgan fingerprint density at radius 3 is 2.27 bits per heavy atom. The molecule has 0 aliphatic heterocycles. The Labute approximate surface area is 129 Å². The topological polar surface area (TPSA) is 73.9 Å². The molecule has 0 saturated heterocycles. The van der Waals surface area contributed by atoms with Crippen LogP contribution >= 0.6 is 0 Å². The maximum absolute atomic E-state index is 11.5. The highest BCUT2D eigenvalue weighted by Gasteiger charge is 2.15. The number of rotatable bonds is 7. The highest BCUT2D eigenvalue weighted by Crippen LogP contribution is 2.39. The van der Waals surface area contributed by atoms with Crippen LogP contribution in [0.3, 0.4) is 0 Å². The van der Waals surface area contributed by atoms with Crippen LogP contribution in [0.5, 0.6) is 17.2 Å². The summed E-state index contributed by atoms with van der Waals surface area (Å²) in [5.74, 6) is 0.137. The number of carbonyl (C=O) groups is 2. The van der Waals surface area contributed by atoms with Crippen molar-refractivity contribution in [1.82, 2.24) is 5.32 Å². The molecule has 0 radical (unpaired) electrons. The Hall–Kier alpha value is -2.76. The highest BCUT2D eigenvalue weighted by molar-refractivity contribution is 5.92. The van der Waals surface area contributed by atoms with Gasteiger partial charge >= 0.3 is 5.97 Å². The van der Waals surface area contributed by atoms with Crippen LogP contribution in [-0.2, 0) is 9.59 Å². The number of ether oxygens (including phenoxy) is 3. The van der Waals surface area contributed by atoms with Crippen LogP contribution in [0, 0.1) is 0 Å². The molecule has 6 heteroatoms. The third-order valence-electron chi connectivity index (χ3n) is 2.58. The molecule has 0 fully saturated rings. The summed E-state index contributed by atoms with van der Waals surface area (Å²) < 4.78 is 15.5. The van der Waals surface area contributed by atoms with Crippen molar-refractivity contribution < 1.29 is 23.8 Å². The Morgan fingerprint density at radius 1 is 1.23 bits per heavy atom. The predicted octanol–water partition coefficient (Wildman–Crippen LogP) is 1.94. The van der Waals surface area contributed by atoms with E-state index in [0.717, 1.165) is 0 Å². The minimum Gasteiger partial charge on any atom is -0.493 e. The van der Waals surface area contributed by atoms with Crippen LogP contribution < -0.4 is 19.5 Å². The van der Waals surface area contributed by atoms with Crippen LogP contribution in [0.1, 0.15) is 12.5 Å². The van der Waals surface area contributed by atoms with E-state index >= 15 is 0 Å². The minimum absolute atomic E-state index is 0.200. The van der Waals surface area contributed by atoms with E-state index in [9.17, 15) is 9.59 Å². The van der Waals surface area contributed by atoms with E-state index in [1.54, 1.807) is 24.3 Å². The molecule has 1 aromatic rings. The maximum Gasteiger partial charge on any atom is 0.308 e. The van der Waals surface area contributed by atoms with Gasteiger partial charge in [-0.3, -0.25) is 9.59 Å². The van der Waals surface area contributed by atoms with E-state index < -0.39 is 5.97 Å². The van der Waals surface area contributed by atoms with E-state index in [1.165, 1.54) is 27.2 Å². The van der Waals surface area contributed by atoms with Gasteiger partial charge in [-0.25, -0.2) is 0 Å². The van der Waals surface area contributed by atoms with E-state index in [1.807, 2.05) is 0 Å². The van der Waals surface area contributed by atoms with E-state index in [-0.39, 0.29) is 11.7 Å². The Balaban J connectivity index is 3.07. The molecule has 0 aliphatic carbocycles. The minimum atomic E-state index is -0.483. The van der Waals surface area contributed by atoms with Gasteiger partial charge in [-0.2, -0.15) is 0 Å². The van der Waals surface area contributed by atoms with Gasteiger partial charge < -0.3 is 19.5 Å². The van der Waals surface area contributed by atoms with Crippen molar-refractivity contribution in [3.05, 3.63) is 36.4 Å². The van der Waals surface area contributed by atoms with Gasteiger partial charge in [0, 0.05) is 19.5 Å². The lowest BCUT2D eigenvalue weighted by atomic mass is 10.1. The van der Waals surface area contributed by atoms with Crippen molar-refractivity contribution in [3.8, 4) is 17.2 Å². The van der Waals surface area contributed by atoms with E-state index in [4.69, 9.17) is 14.2 Å². The van der Waals surface area contributed by atoms with Crippen molar-refractivity contribution in [2.75, 3.05) is 20.8 Å². The quantitative estimate of drug-likeness (QED) is 0.361. The third kappa shape index (κ3) is 4.97. The van der Waals surface area contributed by atoms with E-state index in [0.29, 0.717) is 23.6 Å². The van der Waals surface area contributed by atoms with Gasteiger partial charge in [0.15, 0.2) is 11.5 Å². The summed E-state index contributed by atoms with van der Waals surface area (Å²) in [4.78, 5) is 22.7. The molecule has 0 aromatic heterocycles. The largest absolute Gasteiger partial charge is 0.493 e. The second-order valence-corrected chi connectivity index (χ2v) is 4.22. The van der Waals surface area contributed by atoms with Crippen LogP contribution in [-0.4, -0.2) is 32.6 Å². The summed E-state index contributed by atoms with van der Waals surface area (Å²) in [6.45, 7) is 5.19. The molecule has 1 rings (SSSR count). The first kappa shape index (κ1) is 17.3. The van der Waals surface area contributed by atoms with Crippen LogP contribution in [0.2, 0.25) is 0 Å². The van der Waals surface area contributed by atoms with Crippen LogP contribution in [0.15, 0.2) is 30.9 Å². The molecule has 0 aliphatic rings. The fourth-order valence-electron chi connectivity index (χ4n) is 1.64. The van der Waals surface area contributed by atoms with Crippen molar-refractivity contribution in [2.45, 2.75) is 6.92 Å². The summed E-state index contributed by atoms with van der Waals surface area (Å²) in [6.07, 6.45) is 4.57. The predicted molar refractivity (Wildman–Crippen MR) is 83.1 cm³/mol. The zero-order chi connectivity index (χ0) is 16.5. The number of amides is 1. The lowest BCUT2D eigenvalue weighted by molar-refractivity contribution is -0.132. The molecule has 1 aromatic carbocycles. The standard InChI is InChI=1S/C16H19NO5/c1-5-8-17-15(19)7-6-12-9-13(20-3)16(22-11(2)18)14(10-12)21-4/h5-7,9-10H,1,8H2,2-4H3,(H,17,19). The van der Waals surface area contributed by atoms with Gasteiger partial charge in [0.1, 0.15) is 0 Å². The van der Waals surface area contributed by atoms with Crippen LogP contribution in [0.4, 0.5) is 0 Å². The number of benzene rings is 1. The summed E-state index contributed by atoms with van der Waals surface area (Å²) >= 11 is 0. The first-order chi connectivity index (χ1) is 10.5. The fourth-order valence-corrected chi connectivity index (χ4v) is 1.64. The fraction of sp³-hybridized carbons (Fsp3) is 0.250. The van der Waals surface area contributed by atoms with Gasteiger partial charge in [-0.15, -0.1) is 6.58 Å². The second kappa shape index (κ2) is 8.51. The van der Waals surface area contributed by atoms with Gasteiger partial charge in [0.05, 0.1) is 14.2 Å². The molecule has 1 N–H and O–H groups in total. The third-order valence-corrected chi connectivity index (χ3v) is 2.58. The highest BCUT2D eigenvalue weighted by atomic mass is 16.6. The Morgan fingerprint density at radius 2 is 1.82 bits per heavy atom. The molecule has 0 heterocycles. The maximum atomic E-state index is 11.5. The first-order valence-corrected chi connectivity index (χ1v) is 6.53. The average Bonchev–Trinajstić information content (AvgIpc) is 2.50. The molecule has 22 heavy (non-hydrogen) atoms. The van der Waals surface area contributed by atoms with Crippen LogP contribution in [0.25, 0.3) is 6.08 Å². The molecule has 0 spiro atoms. The zero-order valence-corrected chi connectivity index (χ0v) is 12.8. The zero-order valence-electron chi connectivity index (χ0n) is 12.8. The lowest BCUT2D eigenvalue weighted by Gasteiger charge is -2.13. The summed E-state index contributed by atoms with van der Waals surface area (Å²) in [6, 6.07) is 3.27. The Bertz CT molecular complexity index is 567. The molecule has 118 valence electrons. The molecule has 6 nitrogen and oxygen atoms in total. The summed E-state index contributed by atoms with van der Waals surface area (Å²) in [5.41, 5.74) is 0.665. The monoisotopic (exact) mass is 305 g/mol. The number of hydrogen-bond donors (Lipinski definition) is 1. The molecule has 0 saturated carbocycles. The van der Waals surface area contributed by atoms with Gasteiger partial charge in [-0.05, 0) is 23.8 Å². The molecule has 0 unspecified atom stereocenters. The molecule has 1 amide bonds. The molecule has 0 atom stereocenters. The smallest absolute Gasteiger partial charge is 0.308 e. The van der Waals surface area contributed by atoms with Crippen molar-refractivity contribution >= 4 is 18.0 Å². The molecular formula is C16H19NO5. The number of nitrogens with one attached hydrogen (secondary N) is 1. The van der Waals surface area contributed by atoms with Crippen molar-refractivity contribution in [1.29, 1.82) is 0 Å². The summed E-state index contributed by atoms with van der Waals surface area (Å²) in [5, 5.41) is 2.62.